The number of carbonyl (C=O) groups excluding carboxylic acids is 1. The second-order valence-corrected chi connectivity index (χ2v) is 7.25. The monoisotopic (exact) mass is 348 g/mol. The van der Waals surface area contributed by atoms with Crippen LogP contribution >= 0.6 is 11.6 Å². The zero-order valence-electron chi connectivity index (χ0n) is 11.5. The molecule has 0 aliphatic carbocycles. The lowest BCUT2D eigenvalue weighted by atomic mass is 10.1. The molecule has 1 heterocycles. The van der Waals surface area contributed by atoms with Crippen LogP contribution in [0.15, 0.2) is 41.3 Å². The molecule has 0 bridgehead atoms. The number of hydrogen-bond donors (Lipinski definition) is 1. The molecule has 0 unspecified atom stereocenters. The molecule has 8 heteroatoms. The number of nitriles is 1. The van der Waals surface area contributed by atoms with E-state index in [0.29, 0.717) is 0 Å². The van der Waals surface area contributed by atoms with Crippen molar-refractivity contribution in [3.8, 4) is 11.8 Å². The molecule has 0 saturated carbocycles. The Kier molecular flexibility index (Phi) is 3.51. The SMILES string of the molecule is N#Cc1cc(C(=O)N2CS(=O)(=O)c3ccccc32)cc(Cl)c1O. The van der Waals surface area contributed by atoms with E-state index in [2.05, 4.69) is 0 Å². The third-order valence-corrected chi connectivity index (χ3v) is 5.37. The fourth-order valence-electron chi connectivity index (χ4n) is 2.38. The van der Waals surface area contributed by atoms with Crippen LogP contribution < -0.4 is 4.90 Å². The van der Waals surface area contributed by atoms with Gasteiger partial charge in [0.05, 0.1) is 21.2 Å². The van der Waals surface area contributed by atoms with Gasteiger partial charge in [-0.3, -0.25) is 9.69 Å². The number of para-hydroxylation sites is 1. The predicted octanol–water partition coefficient (Wildman–Crippen LogP) is 2.31. The Morgan fingerprint density at radius 2 is 2.00 bits per heavy atom. The normalized spacial score (nSPS) is 15.0. The molecule has 0 aromatic heterocycles. The van der Waals surface area contributed by atoms with Gasteiger partial charge in [0.2, 0.25) is 0 Å². The summed E-state index contributed by atoms with van der Waals surface area (Å²) in [5, 5.41) is 18.5. The van der Waals surface area contributed by atoms with E-state index in [1.165, 1.54) is 24.3 Å². The molecule has 116 valence electrons. The number of fused-ring (bicyclic) bond motifs is 1. The average Bonchev–Trinajstić information content (AvgIpc) is 2.81. The summed E-state index contributed by atoms with van der Waals surface area (Å²) >= 11 is 5.81. The van der Waals surface area contributed by atoms with Gasteiger partial charge in [0.1, 0.15) is 11.9 Å². The number of rotatable bonds is 1. The molecule has 1 aliphatic rings. The molecule has 0 atom stereocenters. The summed E-state index contributed by atoms with van der Waals surface area (Å²) in [5.74, 6) is -1.51. The number of benzene rings is 2. The second kappa shape index (κ2) is 5.26. The van der Waals surface area contributed by atoms with Crippen LogP contribution in [0.2, 0.25) is 5.02 Å². The van der Waals surface area contributed by atoms with Gasteiger partial charge in [0.15, 0.2) is 15.6 Å². The third kappa shape index (κ3) is 2.42. The first-order valence-electron chi connectivity index (χ1n) is 6.41. The topological polar surface area (TPSA) is 98.5 Å². The molecule has 6 nitrogen and oxygen atoms in total. The van der Waals surface area contributed by atoms with Crippen molar-refractivity contribution in [1.82, 2.24) is 0 Å². The molecule has 1 amide bonds. The molecule has 0 spiro atoms. The van der Waals surface area contributed by atoms with Gasteiger partial charge in [-0.25, -0.2) is 8.42 Å². The van der Waals surface area contributed by atoms with Crippen molar-refractivity contribution in [3.05, 3.63) is 52.5 Å². The molecule has 0 saturated heterocycles. The Balaban J connectivity index is 2.10. The van der Waals surface area contributed by atoms with Crippen LogP contribution in [0.5, 0.6) is 5.75 Å². The highest BCUT2D eigenvalue weighted by molar-refractivity contribution is 7.92. The van der Waals surface area contributed by atoms with Gasteiger partial charge in [0.25, 0.3) is 5.91 Å². The fourth-order valence-corrected chi connectivity index (χ4v) is 4.12. The van der Waals surface area contributed by atoms with Gasteiger partial charge in [-0.15, -0.1) is 0 Å². The number of amides is 1. The molecule has 0 radical (unpaired) electrons. The maximum absolute atomic E-state index is 12.6. The summed E-state index contributed by atoms with van der Waals surface area (Å²) in [6.45, 7) is 0. The Morgan fingerprint density at radius 1 is 1.30 bits per heavy atom. The number of nitrogens with zero attached hydrogens (tertiary/aromatic N) is 2. The number of hydrogen-bond acceptors (Lipinski definition) is 5. The minimum Gasteiger partial charge on any atom is -0.505 e. The lowest BCUT2D eigenvalue weighted by Crippen LogP contribution is -2.30. The van der Waals surface area contributed by atoms with Gasteiger partial charge in [-0.05, 0) is 24.3 Å². The van der Waals surface area contributed by atoms with Gasteiger partial charge in [0, 0.05) is 5.56 Å². The second-order valence-electron chi connectivity index (χ2n) is 4.91. The quantitative estimate of drug-likeness (QED) is 0.852. The highest BCUT2D eigenvalue weighted by Crippen LogP contribution is 2.36. The molecule has 23 heavy (non-hydrogen) atoms. The maximum Gasteiger partial charge on any atom is 0.259 e. The lowest BCUT2D eigenvalue weighted by molar-refractivity contribution is 0.0991. The summed E-state index contributed by atoms with van der Waals surface area (Å²) in [5.41, 5.74) is 0.146. The molecule has 3 rings (SSSR count). The molecule has 2 aromatic carbocycles. The highest BCUT2D eigenvalue weighted by atomic mass is 35.5. The smallest absolute Gasteiger partial charge is 0.259 e. The Hall–Kier alpha value is -2.56. The fraction of sp³-hybridized carbons (Fsp3) is 0.0667. The minimum atomic E-state index is -3.58. The first-order chi connectivity index (χ1) is 10.8. The van der Waals surface area contributed by atoms with Crippen molar-refractivity contribution >= 4 is 33.0 Å². The number of carbonyl (C=O) groups is 1. The zero-order valence-corrected chi connectivity index (χ0v) is 13.1. The summed E-state index contributed by atoms with van der Waals surface area (Å²) in [7, 11) is -3.58. The molecular formula is C15H9ClN2O4S. The molecule has 2 aromatic rings. The van der Waals surface area contributed by atoms with Crippen molar-refractivity contribution < 1.29 is 18.3 Å². The number of anilines is 1. The van der Waals surface area contributed by atoms with E-state index in [0.717, 1.165) is 4.90 Å². The summed E-state index contributed by atoms with van der Waals surface area (Å²) in [4.78, 5) is 13.8. The summed E-state index contributed by atoms with van der Waals surface area (Å²) in [6.07, 6.45) is 0. The number of sulfone groups is 1. The highest BCUT2D eigenvalue weighted by Gasteiger charge is 2.36. The molecule has 0 fully saturated rings. The Labute approximate surface area is 137 Å². The van der Waals surface area contributed by atoms with Crippen LogP contribution in [-0.2, 0) is 9.84 Å². The standard InChI is InChI=1S/C15H9ClN2O4S/c16-11-6-9(5-10(7-17)14(11)19)15(20)18-8-23(21,22)13-4-2-1-3-12(13)18/h1-6,19H,8H2. The van der Waals surface area contributed by atoms with E-state index in [4.69, 9.17) is 16.9 Å². The van der Waals surface area contributed by atoms with Gasteiger partial charge in [-0.2, -0.15) is 5.26 Å². The Bertz CT molecular complexity index is 979. The predicted molar refractivity (Wildman–Crippen MR) is 83.1 cm³/mol. The van der Waals surface area contributed by atoms with E-state index in [9.17, 15) is 18.3 Å². The van der Waals surface area contributed by atoms with E-state index >= 15 is 0 Å². The Morgan fingerprint density at radius 3 is 2.70 bits per heavy atom. The number of phenolic OH excluding ortho intramolecular Hbond substituents is 1. The first-order valence-corrected chi connectivity index (χ1v) is 8.44. The van der Waals surface area contributed by atoms with E-state index < -0.39 is 27.4 Å². The van der Waals surface area contributed by atoms with Crippen molar-refractivity contribution in [2.75, 3.05) is 10.8 Å². The van der Waals surface area contributed by atoms with Crippen molar-refractivity contribution in [3.63, 3.8) is 0 Å². The minimum absolute atomic E-state index is 0.0243. The summed E-state index contributed by atoms with van der Waals surface area (Å²) in [6, 6.07) is 10.3. The van der Waals surface area contributed by atoms with Crippen LogP contribution in [0.25, 0.3) is 0 Å². The van der Waals surface area contributed by atoms with Crippen LogP contribution in [0.4, 0.5) is 5.69 Å². The lowest BCUT2D eigenvalue weighted by Gasteiger charge is -2.16. The summed E-state index contributed by atoms with van der Waals surface area (Å²) < 4.78 is 24.3. The number of aromatic hydroxyl groups is 1. The van der Waals surface area contributed by atoms with Gasteiger partial charge in [-0.1, -0.05) is 23.7 Å². The van der Waals surface area contributed by atoms with E-state index in [1.54, 1.807) is 18.2 Å². The van der Waals surface area contributed by atoms with E-state index in [-0.39, 0.29) is 26.7 Å². The number of halogens is 1. The first kappa shape index (κ1) is 15.3. The average molecular weight is 349 g/mol. The van der Waals surface area contributed by atoms with Crippen LogP contribution in [0, 0.1) is 11.3 Å². The largest absolute Gasteiger partial charge is 0.505 e. The van der Waals surface area contributed by atoms with Crippen LogP contribution in [-0.4, -0.2) is 25.3 Å². The number of phenols is 1. The zero-order chi connectivity index (χ0) is 16.8. The van der Waals surface area contributed by atoms with Crippen LogP contribution in [0.3, 0.4) is 0 Å². The third-order valence-electron chi connectivity index (χ3n) is 3.47. The van der Waals surface area contributed by atoms with Gasteiger partial charge >= 0.3 is 0 Å². The van der Waals surface area contributed by atoms with Crippen molar-refractivity contribution in [2.24, 2.45) is 0 Å². The van der Waals surface area contributed by atoms with Crippen molar-refractivity contribution in [1.29, 1.82) is 5.26 Å². The van der Waals surface area contributed by atoms with E-state index in [1.807, 2.05) is 0 Å². The van der Waals surface area contributed by atoms with Gasteiger partial charge < -0.3 is 5.11 Å². The molecular weight excluding hydrogens is 340 g/mol. The molecule has 1 aliphatic heterocycles. The maximum atomic E-state index is 12.6. The molecule has 1 N–H and O–H groups in total. The van der Waals surface area contributed by atoms with Crippen LogP contribution in [0.1, 0.15) is 15.9 Å². The van der Waals surface area contributed by atoms with Crippen molar-refractivity contribution in [2.45, 2.75) is 4.90 Å².